The maximum absolute atomic E-state index is 5.18. The lowest BCUT2D eigenvalue weighted by atomic mass is 9.89. The fraction of sp³-hybridized carbons (Fsp3) is 0.0571. The lowest BCUT2D eigenvalue weighted by Gasteiger charge is -2.16. The van der Waals surface area contributed by atoms with Crippen LogP contribution in [0.1, 0.15) is 11.1 Å². The molecule has 0 fully saturated rings. The van der Waals surface area contributed by atoms with Gasteiger partial charge in [0, 0.05) is 25.3 Å². The summed E-state index contributed by atoms with van der Waals surface area (Å²) in [4.78, 5) is 5.18. The average Bonchev–Trinajstić information content (AvgIpc) is 2.91. The molecule has 1 nitrogen and oxygen atoms in total. The van der Waals surface area contributed by atoms with Crippen LogP contribution in [-0.2, 0) is 0 Å². The minimum Gasteiger partial charge on any atom is -0.248 e. The Kier molecular flexibility index (Phi) is 5.61. The summed E-state index contributed by atoms with van der Waals surface area (Å²) in [6.07, 6.45) is 0. The Bertz CT molecular complexity index is 1940. The van der Waals surface area contributed by atoms with Crippen molar-refractivity contribution in [2.45, 2.75) is 13.8 Å². The molecule has 7 rings (SSSR count). The number of pyridine rings is 1. The van der Waals surface area contributed by atoms with Gasteiger partial charge in [-0.2, -0.15) is 0 Å². The molecule has 0 bridgehead atoms. The van der Waals surface area contributed by atoms with E-state index < -0.39 is 0 Å². The molecule has 0 unspecified atom stereocenters. The second kappa shape index (κ2) is 9.04. The number of aromatic nitrogens is 1. The Labute approximate surface area is 238 Å². The van der Waals surface area contributed by atoms with Gasteiger partial charge in [0.25, 0.3) is 0 Å². The minimum absolute atomic E-state index is 1.01. The molecule has 1 heterocycles. The Morgan fingerprint density at radius 2 is 0.947 bits per heavy atom. The lowest BCUT2D eigenvalue weighted by Crippen LogP contribution is -1.92. The number of aryl methyl sites for hydroxylation is 2. The largest absolute Gasteiger partial charge is 0.248 e. The van der Waals surface area contributed by atoms with Crippen LogP contribution in [0.25, 0.3) is 65.6 Å². The Balaban J connectivity index is 1.61. The van der Waals surface area contributed by atoms with Crippen molar-refractivity contribution in [3.8, 4) is 22.3 Å². The predicted molar refractivity (Wildman–Crippen MR) is 170 cm³/mol. The fourth-order valence-corrected chi connectivity index (χ4v) is 6.51. The molecule has 38 heavy (non-hydrogen) atoms. The van der Waals surface area contributed by atoms with Gasteiger partial charge in [0.05, 0.1) is 11.0 Å². The van der Waals surface area contributed by atoms with Crippen LogP contribution >= 0.6 is 31.9 Å². The van der Waals surface area contributed by atoms with E-state index in [1.54, 1.807) is 0 Å². The predicted octanol–water partition coefficient (Wildman–Crippen LogP) is 11.2. The Morgan fingerprint density at radius 1 is 0.474 bits per heavy atom. The van der Waals surface area contributed by atoms with Crippen LogP contribution in [-0.4, -0.2) is 4.98 Å². The van der Waals surface area contributed by atoms with E-state index in [4.69, 9.17) is 4.98 Å². The zero-order valence-electron chi connectivity index (χ0n) is 21.0. The molecular formula is C35H23Br2N. The zero-order valence-corrected chi connectivity index (χ0v) is 24.2. The van der Waals surface area contributed by atoms with Gasteiger partial charge in [0.2, 0.25) is 0 Å². The summed E-state index contributed by atoms with van der Waals surface area (Å²) in [7, 11) is 0. The lowest BCUT2D eigenvalue weighted by molar-refractivity contribution is 1.38. The summed E-state index contributed by atoms with van der Waals surface area (Å²) in [6, 6.07) is 37.5. The highest BCUT2D eigenvalue weighted by molar-refractivity contribution is 9.10. The van der Waals surface area contributed by atoms with Crippen LogP contribution < -0.4 is 0 Å². The van der Waals surface area contributed by atoms with Crippen molar-refractivity contribution in [2.24, 2.45) is 0 Å². The molecule has 6 aromatic carbocycles. The third-order valence-corrected chi connectivity index (χ3v) is 8.38. The van der Waals surface area contributed by atoms with E-state index in [1.807, 2.05) is 0 Å². The van der Waals surface area contributed by atoms with Crippen molar-refractivity contribution >= 4 is 75.2 Å². The van der Waals surface area contributed by atoms with E-state index in [-0.39, 0.29) is 0 Å². The average molecular weight is 617 g/mol. The molecule has 0 atom stereocenters. The van der Waals surface area contributed by atoms with Crippen LogP contribution in [0.3, 0.4) is 0 Å². The number of hydrogen-bond donors (Lipinski definition) is 0. The van der Waals surface area contributed by atoms with Crippen LogP contribution in [0.5, 0.6) is 0 Å². The first kappa shape index (κ1) is 23.6. The first-order valence-electron chi connectivity index (χ1n) is 12.7. The van der Waals surface area contributed by atoms with Gasteiger partial charge in [0.15, 0.2) is 0 Å². The molecule has 0 amide bonds. The molecule has 7 aromatic rings. The van der Waals surface area contributed by atoms with E-state index in [0.717, 1.165) is 20.0 Å². The first-order chi connectivity index (χ1) is 18.4. The van der Waals surface area contributed by atoms with Crippen molar-refractivity contribution < 1.29 is 0 Å². The summed E-state index contributed by atoms with van der Waals surface area (Å²) in [5, 5.41) is 7.18. The Morgan fingerprint density at radius 3 is 1.47 bits per heavy atom. The van der Waals surface area contributed by atoms with Gasteiger partial charge in [-0.1, -0.05) is 110 Å². The van der Waals surface area contributed by atoms with Crippen molar-refractivity contribution in [3.05, 3.63) is 123 Å². The second-order valence-corrected chi connectivity index (χ2v) is 11.9. The highest BCUT2D eigenvalue weighted by atomic mass is 79.9. The van der Waals surface area contributed by atoms with Crippen LogP contribution in [0.15, 0.2) is 112 Å². The highest BCUT2D eigenvalue weighted by Gasteiger charge is 2.17. The molecule has 0 spiro atoms. The third kappa shape index (κ3) is 3.93. The number of benzene rings is 6. The normalized spacial score (nSPS) is 11.7. The molecule has 3 heteroatoms. The molecule has 0 aliphatic rings. The second-order valence-electron chi connectivity index (χ2n) is 10.1. The van der Waals surface area contributed by atoms with Gasteiger partial charge in [-0.15, -0.1) is 0 Å². The van der Waals surface area contributed by atoms with Gasteiger partial charge < -0.3 is 0 Å². The topological polar surface area (TPSA) is 12.9 Å². The van der Waals surface area contributed by atoms with Gasteiger partial charge in [-0.3, -0.25) is 0 Å². The molecule has 0 aliphatic heterocycles. The van der Waals surface area contributed by atoms with Crippen molar-refractivity contribution in [1.29, 1.82) is 0 Å². The molecule has 0 N–H and O–H groups in total. The van der Waals surface area contributed by atoms with Crippen molar-refractivity contribution in [1.82, 2.24) is 4.98 Å². The van der Waals surface area contributed by atoms with Crippen molar-refractivity contribution in [3.63, 3.8) is 0 Å². The number of hydrogen-bond acceptors (Lipinski definition) is 1. The number of rotatable bonds is 2. The quantitative estimate of drug-likeness (QED) is 0.139. The molecule has 0 radical (unpaired) electrons. The highest BCUT2D eigenvalue weighted by Crippen LogP contribution is 2.43. The van der Waals surface area contributed by atoms with Crippen LogP contribution in [0, 0.1) is 13.8 Å². The molecule has 0 aliphatic carbocycles. The number of halogens is 2. The summed E-state index contributed by atoms with van der Waals surface area (Å²) < 4.78 is 2.13. The number of fused-ring (bicyclic) bond motifs is 6. The van der Waals surface area contributed by atoms with E-state index in [1.165, 1.54) is 65.7 Å². The monoisotopic (exact) mass is 615 g/mol. The Hall–Kier alpha value is -3.53. The standard InChI is InChI=1S/C35H23Br2N/c1-20-15-21(2)17-26(16-20)22-3-5-25(6-4-22)33-34-29-18-27(36)11-7-23(29)9-13-31(34)38-32-14-10-24-8-12-28(37)19-30(24)35(32)33/h3-19H,1-2H3. The molecule has 1 aromatic heterocycles. The summed E-state index contributed by atoms with van der Waals surface area (Å²) in [6.45, 7) is 4.32. The smallest absolute Gasteiger partial charge is 0.0722 e. The molecular weight excluding hydrogens is 594 g/mol. The van der Waals surface area contributed by atoms with Gasteiger partial charge in [-0.25, -0.2) is 4.98 Å². The zero-order chi connectivity index (χ0) is 26.0. The summed E-state index contributed by atoms with van der Waals surface area (Å²) in [5.41, 5.74) is 9.47. The molecule has 0 saturated heterocycles. The maximum atomic E-state index is 5.18. The van der Waals surface area contributed by atoms with E-state index in [2.05, 4.69) is 149 Å². The molecule has 182 valence electrons. The summed E-state index contributed by atoms with van der Waals surface area (Å²) >= 11 is 7.44. The van der Waals surface area contributed by atoms with E-state index in [0.29, 0.717) is 0 Å². The fourth-order valence-electron chi connectivity index (χ4n) is 5.79. The maximum Gasteiger partial charge on any atom is 0.0722 e. The number of nitrogens with zero attached hydrogens (tertiary/aromatic N) is 1. The van der Waals surface area contributed by atoms with Gasteiger partial charge in [0.1, 0.15) is 0 Å². The van der Waals surface area contributed by atoms with Crippen molar-refractivity contribution in [2.75, 3.05) is 0 Å². The van der Waals surface area contributed by atoms with E-state index in [9.17, 15) is 0 Å². The van der Waals surface area contributed by atoms with Gasteiger partial charge >= 0.3 is 0 Å². The molecule has 0 saturated carbocycles. The van der Waals surface area contributed by atoms with Crippen LogP contribution in [0.2, 0.25) is 0 Å². The van der Waals surface area contributed by atoms with E-state index >= 15 is 0 Å². The third-order valence-electron chi connectivity index (χ3n) is 7.39. The first-order valence-corrected chi connectivity index (χ1v) is 14.3. The SMILES string of the molecule is Cc1cc(C)cc(-c2ccc(-c3c4c(ccc5ccc(Br)cc54)nc4ccc5ccc(Br)cc5c34)cc2)c1. The minimum atomic E-state index is 1.01. The summed E-state index contributed by atoms with van der Waals surface area (Å²) in [5.74, 6) is 0. The van der Waals surface area contributed by atoms with Gasteiger partial charge in [-0.05, 0) is 88.5 Å². The van der Waals surface area contributed by atoms with Crippen LogP contribution in [0.4, 0.5) is 0 Å².